The fraction of sp³-hybridized carbons (Fsp3) is 0.273. The molecule has 1 heterocycles. The molecular formula is C11H11NO3S. The average molecular weight is 237 g/mol. The lowest BCUT2D eigenvalue weighted by Crippen LogP contribution is -2.25. The largest absolute Gasteiger partial charge is 0.480 e. The quantitative estimate of drug-likeness (QED) is 0.889. The van der Waals surface area contributed by atoms with E-state index in [9.17, 15) is 9.59 Å². The Morgan fingerprint density at radius 1 is 1.50 bits per heavy atom. The molecule has 0 aliphatic rings. The van der Waals surface area contributed by atoms with E-state index < -0.39 is 12.0 Å². The van der Waals surface area contributed by atoms with E-state index in [1.165, 1.54) is 4.57 Å². The minimum Gasteiger partial charge on any atom is -0.480 e. The highest BCUT2D eigenvalue weighted by molar-refractivity contribution is 7.16. The number of aliphatic carboxylic acids is 1. The number of nitrogens with zero attached hydrogens (tertiary/aromatic N) is 1. The highest BCUT2D eigenvalue weighted by Crippen LogP contribution is 2.21. The number of carbonyl (C=O) groups is 1. The molecule has 0 saturated carbocycles. The molecule has 0 amide bonds. The number of hydrogen-bond acceptors (Lipinski definition) is 3. The van der Waals surface area contributed by atoms with E-state index in [2.05, 4.69) is 0 Å². The number of benzene rings is 1. The van der Waals surface area contributed by atoms with Crippen LogP contribution in [0.1, 0.15) is 19.4 Å². The zero-order valence-electron chi connectivity index (χ0n) is 8.71. The molecule has 5 heteroatoms. The summed E-state index contributed by atoms with van der Waals surface area (Å²) in [4.78, 5) is 22.6. The first kappa shape index (κ1) is 10.9. The van der Waals surface area contributed by atoms with Crippen LogP contribution in [0.2, 0.25) is 0 Å². The van der Waals surface area contributed by atoms with Crippen molar-refractivity contribution in [2.75, 3.05) is 0 Å². The molecule has 1 atom stereocenters. The van der Waals surface area contributed by atoms with Gasteiger partial charge in [-0.2, -0.15) is 0 Å². The van der Waals surface area contributed by atoms with Gasteiger partial charge < -0.3 is 5.11 Å². The summed E-state index contributed by atoms with van der Waals surface area (Å²) in [5, 5.41) is 9.07. The molecule has 0 fully saturated rings. The van der Waals surface area contributed by atoms with Gasteiger partial charge >= 0.3 is 10.8 Å². The number of fused-ring (bicyclic) bond motifs is 1. The van der Waals surface area contributed by atoms with Gasteiger partial charge in [-0.3, -0.25) is 9.36 Å². The van der Waals surface area contributed by atoms with Crippen LogP contribution in [0.15, 0.2) is 29.1 Å². The Bertz CT molecular complexity index is 584. The van der Waals surface area contributed by atoms with E-state index in [1.54, 1.807) is 19.1 Å². The maximum absolute atomic E-state index is 11.8. The third-order valence-corrected chi connectivity index (χ3v) is 3.44. The van der Waals surface area contributed by atoms with Crippen molar-refractivity contribution in [1.29, 1.82) is 0 Å². The number of carboxylic acids is 1. The van der Waals surface area contributed by atoms with Crippen molar-refractivity contribution in [3.8, 4) is 0 Å². The van der Waals surface area contributed by atoms with E-state index >= 15 is 0 Å². The van der Waals surface area contributed by atoms with Gasteiger partial charge in [0.15, 0.2) is 0 Å². The van der Waals surface area contributed by atoms with Crippen molar-refractivity contribution in [2.45, 2.75) is 19.4 Å². The number of hydrogen-bond donors (Lipinski definition) is 1. The van der Waals surface area contributed by atoms with E-state index in [0.717, 1.165) is 16.0 Å². The molecule has 0 aliphatic heterocycles. The Morgan fingerprint density at radius 2 is 2.19 bits per heavy atom. The zero-order valence-corrected chi connectivity index (χ0v) is 9.53. The van der Waals surface area contributed by atoms with E-state index in [4.69, 9.17) is 5.11 Å². The Kier molecular flexibility index (Phi) is 2.78. The normalized spacial score (nSPS) is 12.8. The molecule has 1 aromatic carbocycles. The first-order valence-corrected chi connectivity index (χ1v) is 5.79. The van der Waals surface area contributed by atoms with E-state index in [1.807, 2.05) is 12.1 Å². The second kappa shape index (κ2) is 4.09. The number of carboxylic acid groups (broad SMARTS) is 1. The van der Waals surface area contributed by atoms with Crippen molar-refractivity contribution >= 4 is 27.5 Å². The minimum absolute atomic E-state index is 0.213. The molecule has 0 saturated heterocycles. The van der Waals surface area contributed by atoms with Crippen molar-refractivity contribution < 1.29 is 9.90 Å². The van der Waals surface area contributed by atoms with Crippen LogP contribution < -0.4 is 4.87 Å². The zero-order chi connectivity index (χ0) is 11.7. The Morgan fingerprint density at radius 3 is 2.81 bits per heavy atom. The lowest BCUT2D eigenvalue weighted by molar-refractivity contribution is -0.140. The SMILES string of the molecule is CCC(C(=O)O)n1c(=O)sc2ccccc21. The summed E-state index contributed by atoms with van der Waals surface area (Å²) in [6.07, 6.45) is 0.399. The summed E-state index contributed by atoms with van der Waals surface area (Å²) in [6.45, 7) is 1.76. The lowest BCUT2D eigenvalue weighted by atomic mass is 10.2. The highest BCUT2D eigenvalue weighted by Gasteiger charge is 2.21. The predicted molar refractivity (Wildman–Crippen MR) is 63.0 cm³/mol. The Hall–Kier alpha value is -1.62. The lowest BCUT2D eigenvalue weighted by Gasteiger charge is -2.11. The first-order chi connectivity index (χ1) is 7.65. The Labute approximate surface area is 95.8 Å². The molecule has 1 unspecified atom stereocenters. The predicted octanol–water partition coefficient (Wildman–Crippen LogP) is 2.10. The smallest absolute Gasteiger partial charge is 0.326 e. The molecule has 0 radical (unpaired) electrons. The van der Waals surface area contributed by atoms with Gasteiger partial charge in [-0.15, -0.1) is 0 Å². The van der Waals surface area contributed by atoms with Crippen LogP contribution in [-0.4, -0.2) is 15.6 Å². The van der Waals surface area contributed by atoms with Gasteiger partial charge in [-0.05, 0) is 18.6 Å². The van der Waals surface area contributed by atoms with Crippen LogP contribution >= 0.6 is 11.3 Å². The number of thiazole rings is 1. The van der Waals surface area contributed by atoms with Crippen LogP contribution in [0.5, 0.6) is 0 Å². The van der Waals surface area contributed by atoms with Gasteiger partial charge in [-0.1, -0.05) is 30.4 Å². The standard InChI is InChI=1S/C11H11NO3S/c1-2-7(10(13)14)12-8-5-3-4-6-9(8)16-11(12)15/h3-7H,2H2,1H3,(H,13,14). The second-order valence-corrected chi connectivity index (χ2v) is 4.46. The summed E-state index contributed by atoms with van der Waals surface area (Å²) in [7, 11) is 0. The number of aromatic nitrogens is 1. The summed E-state index contributed by atoms with van der Waals surface area (Å²) in [6, 6.07) is 6.47. The van der Waals surface area contributed by atoms with Crippen molar-refractivity contribution in [1.82, 2.24) is 4.57 Å². The third-order valence-electron chi connectivity index (χ3n) is 2.50. The molecule has 0 bridgehead atoms. The van der Waals surface area contributed by atoms with Crippen molar-refractivity contribution in [3.05, 3.63) is 33.9 Å². The van der Waals surface area contributed by atoms with Crippen LogP contribution in [-0.2, 0) is 4.79 Å². The van der Waals surface area contributed by atoms with Gasteiger partial charge in [0.2, 0.25) is 0 Å². The molecule has 84 valence electrons. The molecule has 0 aliphatic carbocycles. The summed E-state index contributed by atoms with van der Waals surface area (Å²) in [5.74, 6) is -0.965. The van der Waals surface area contributed by atoms with Gasteiger partial charge in [-0.25, -0.2) is 4.79 Å². The molecule has 0 spiro atoms. The molecular weight excluding hydrogens is 226 g/mol. The van der Waals surface area contributed by atoms with Gasteiger partial charge in [0.1, 0.15) is 6.04 Å². The van der Waals surface area contributed by atoms with Crippen LogP contribution in [0.4, 0.5) is 0 Å². The summed E-state index contributed by atoms with van der Waals surface area (Å²) >= 11 is 1.08. The fourth-order valence-electron chi connectivity index (χ4n) is 1.75. The monoisotopic (exact) mass is 237 g/mol. The molecule has 1 aromatic heterocycles. The topological polar surface area (TPSA) is 59.3 Å². The van der Waals surface area contributed by atoms with Crippen LogP contribution in [0, 0.1) is 0 Å². The molecule has 2 rings (SSSR count). The number of rotatable bonds is 3. The summed E-state index contributed by atoms with van der Waals surface area (Å²) in [5.41, 5.74) is 0.701. The molecule has 1 N–H and O–H groups in total. The first-order valence-electron chi connectivity index (χ1n) is 4.98. The number of para-hydroxylation sites is 1. The van der Waals surface area contributed by atoms with Gasteiger partial charge in [0.05, 0.1) is 10.2 Å². The second-order valence-electron chi connectivity index (χ2n) is 3.47. The van der Waals surface area contributed by atoms with Crippen LogP contribution in [0.25, 0.3) is 10.2 Å². The van der Waals surface area contributed by atoms with Gasteiger partial charge in [0.25, 0.3) is 0 Å². The molecule has 4 nitrogen and oxygen atoms in total. The van der Waals surface area contributed by atoms with Crippen LogP contribution in [0.3, 0.4) is 0 Å². The minimum atomic E-state index is -0.965. The maximum atomic E-state index is 11.8. The fourth-order valence-corrected chi connectivity index (χ4v) is 2.68. The molecule has 2 aromatic rings. The highest BCUT2D eigenvalue weighted by atomic mass is 32.1. The molecule has 16 heavy (non-hydrogen) atoms. The van der Waals surface area contributed by atoms with E-state index in [-0.39, 0.29) is 4.87 Å². The van der Waals surface area contributed by atoms with Crippen molar-refractivity contribution in [3.63, 3.8) is 0 Å². The van der Waals surface area contributed by atoms with Gasteiger partial charge in [0, 0.05) is 0 Å². The Balaban J connectivity index is 2.71. The average Bonchev–Trinajstić information content (AvgIpc) is 2.57. The maximum Gasteiger partial charge on any atom is 0.326 e. The third kappa shape index (κ3) is 1.63. The summed E-state index contributed by atoms with van der Waals surface area (Å²) < 4.78 is 2.19. The van der Waals surface area contributed by atoms with Crippen molar-refractivity contribution in [2.24, 2.45) is 0 Å². The van der Waals surface area contributed by atoms with E-state index in [0.29, 0.717) is 11.9 Å².